The first-order valence-electron chi connectivity index (χ1n) is 8.02. The zero-order valence-corrected chi connectivity index (χ0v) is 13.4. The van der Waals surface area contributed by atoms with Gasteiger partial charge in [-0.1, -0.05) is 25.7 Å². The minimum Gasteiger partial charge on any atom is -0.481 e. The van der Waals surface area contributed by atoms with Gasteiger partial charge in [0.2, 0.25) is 5.91 Å². The van der Waals surface area contributed by atoms with E-state index in [1.54, 1.807) is 0 Å². The van der Waals surface area contributed by atoms with Crippen molar-refractivity contribution in [2.75, 3.05) is 0 Å². The lowest BCUT2D eigenvalue weighted by Gasteiger charge is -2.27. The van der Waals surface area contributed by atoms with Crippen molar-refractivity contribution in [3.63, 3.8) is 0 Å². The topological polar surface area (TPSA) is 79.5 Å². The molecule has 1 fully saturated rings. The van der Waals surface area contributed by atoms with Gasteiger partial charge in [-0.2, -0.15) is 0 Å². The molecule has 22 heavy (non-hydrogen) atoms. The Labute approximate surface area is 131 Å². The van der Waals surface area contributed by atoms with Crippen LogP contribution in [-0.4, -0.2) is 17.0 Å². The van der Waals surface area contributed by atoms with E-state index >= 15 is 0 Å². The molecular formula is C17H25NO4. The summed E-state index contributed by atoms with van der Waals surface area (Å²) in [7, 11) is 0. The Morgan fingerprint density at radius 3 is 2.41 bits per heavy atom. The van der Waals surface area contributed by atoms with Gasteiger partial charge in [0.1, 0.15) is 11.5 Å². The van der Waals surface area contributed by atoms with E-state index in [0.717, 1.165) is 31.4 Å². The molecule has 0 radical (unpaired) electrons. The van der Waals surface area contributed by atoms with Crippen LogP contribution in [-0.2, 0) is 9.59 Å². The second kappa shape index (κ2) is 6.99. The van der Waals surface area contributed by atoms with Gasteiger partial charge in [-0.05, 0) is 38.8 Å². The van der Waals surface area contributed by atoms with Crippen LogP contribution in [0.15, 0.2) is 16.5 Å². The molecule has 2 rings (SSSR count). The third-order valence-corrected chi connectivity index (χ3v) is 4.58. The number of carbonyl (C=O) groups excluding carboxylic acids is 1. The van der Waals surface area contributed by atoms with Crippen LogP contribution >= 0.6 is 0 Å². The highest BCUT2D eigenvalue weighted by atomic mass is 16.4. The highest BCUT2D eigenvalue weighted by Crippen LogP contribution is 2.38. The number of hydrogen-bond acceptors (Lipinski definition) is 3. The van der Waals surface area contributed by atoms with E-state index in [-0.39, 0.29) is 18.4 Å². The van der Waals surface area contributed by atoms with E-state index in [1.165, 1.54) is 0 Å². The van der Waals surface area contributed by atoms with Gasteiger partial charge in [0, 0.05) is 6.42 Å². The van der Waals surface area contributed by atoms with Crippen molar-refractivity contribution in [3.05, 3.63) is 23.7 Å². The number of carboxylic acid groups (broad SMARTS) is 1. The highest BCUT2D eigenvalue weighted by molar-refractivity contribution is 5.85. The van der Waals surface area contributed by atoms with Crippen LogP contribution < -0.4 is 5.32 Å². The summed E-state index contributed by atoms with van der Waals surface area (Å²) < 4.78 is 5.50. The molecule has 0 aliphatic heterocycles. The molecular weight excluding hydrogens is 282 g/mol. The lowest BCUT2D eigenvalue weighted by Crippen LogP contribution is -2.38. The van der Waals surface area contributed by atoms with Crippen molar-refractivity contribution < 1.29 is 19.1 Å². The number of amides is 1. The van der Waals surface area contributed by atoms with Gasteiger partial charge in [-0.3, -0.25) is 9.59 Å². The Morgan fingerprint density at radius 1 is 1.27 bits per heavy atom. The molecule has 1 unspecified atom stereocenters. The van der Waals surface area contributed by atoms with Gasteiger partial charge in [0.15, 0.2) is 0 Å². The van der Waals surface area contributed by atoms with Crippen LogP contribution in [0.1, 0.15) is 69.4 Å². The van der Waals surface area contributed by atoms with Gasteiger partial charge < -0.3 is 14.8 Å². The monoisotopic (exact) mass is 307 g/mol. The molecule has 1 aromatic rings. The second-order valence-corrected chi connectivity index (χ2v) is 6.41. The third-order valence-electron chi connectivity index (χ3n) is 4.58. The Morgan fingerprint density at radius 2 is 1.91 bits per heavy atom. The maximum absolute atomic E-state index is 12.3. The lowest BCUT2D eigenvalue weighted by atomic mass is 9.77. The standard InChI is InChI=1S/C17H25NO4/c1-12-7-8-14(22-12)13(2)18-15(19)11-17(16(20)21)9-5-3-4-6-10-17/h7-8,13H,3-6,9-11H2,1-2H3,(H,18,19)(H,20,21). The van der Waals surface area contributed by atoms with Crippen LogP contribution in [0.5, 0.6) is 0 Å². The molecule has 1 amide bonds. The quantitative estimate of drug-likeness (QED) is 0.815. The largest absolute Gasteiger partial charge is 0.481 e. The average Bonchev–Trinajstić information content (AvgIpc) is 2.74. The van der Waals surface area contributed by atoms with Crippen molar-refractivity contribution in [1.82, 2.24) is 5.32 Å². The summed E-state index contributed by atoms with van der Waals surface area (Å²) in [5.74, 6) is 0.426. The van der Waals surface area contributed by atoms with Crippen molar-refractivity contribution in [2.45, 2.75) is 64.8 Å². The zero-order valence-electron chi connectivity index (χ0n) is 13.4. The fraction of sp³-hybridized carbons (Fsp3) is 0.647. The molecule has 5 nitrogen and oxygen atoms in total. The van der Waals surface area contributed by atoms with Crippen LogP contribution in [0, 0.1) is 12.3 Å². The number of hydrogen-bond donors (Lipinski definition) is 2. The summed E-state index contributed by atoms with van der Waals surface area (Å²) in [6.07, 6.45) is 5.09. The summed E-state index contributed by atoms with van der Waals surface area (Å²) in [5, 5.41) is 12.5. The van der Waals surface area contributed by atoms with Gasteiger partial charge in [0.05, 0.1) is 11.5 Å². The summed E-state index contributed by atoms with van der Waals surface area (Å²) in [6, 6.07) is 3.43. The normalized spacial score (nSPS) is 19.2. The first-order valence-corrected chi connectivity index (χ1v) is 8.02. The first-order chi connectivity index (χ1) is 10.4. The molecule has 0 aromatic carbocycles. The molecule has 0 saturated heterocycles. The molecule has 5 heteroatoms. The van der Waals surface area contributed by atoms with E-state index in [1.807, 2.05) is 26.0 Å². The van der Waals surface area contributed by atoms with Crippen molar-refractivity contribution in [2.24, 2.45) is 5.41 Å². The van der Waals surface area contributed by atoms with Gasteiger partial charge in [-0.15, -0.1) is 0 Å². The molecule has 1 heterocycles. The molecule has 1 atom stereocenters. The first kappa shape index (κ1) is 16.6. The van der Waals surface area contributed by atoms with Gasteiger partial charge in [0.25, 0.3) is 0 Å². The van der Waals surface area contributed by atoms with Gasteiger partial charge >= 0.3 is 5.97 Å². The molecule has 1 aliphatic rings. The van der Waals surface area contributed by atoms with Crippen LogP contribution in [0.2, 0.25) is 0 Å². The SMILES string of the molecule is Cc1ccc(C(C)NC(=O)CC2(C(=O)O)CCCCCC2)o1. The van der Waals surface area contributed by atoms with Crippen LogP contribution in [0.25, 0.3) is 0 Å². The predicted molar refractivity (Wildman–Crippen MR) is 82.4 cm³/mol. The highest BCUT2D eigenvalue weighted by Gasteiger charge is 2.40. The molecule has 0 bridgehead atoms. The summed E-state index contributed by atoms with van der Waals surface area (Å²) >= 11 is 0. The maximum Gasteiger partial charge on any atom is 0.310 e. The number of rotatable bonds is 5. The Hall–Kier alpha value is -1.78. The van der Waals surface area contributed by atoms with Crippen molar-refractivity contribution in [3.8, 4) is 0 Å². The number of nitrogens with one attached hydrogen (secondary N) is 1. The molecule has 1 aliphatic carbocycles. The second-order valence-electron chi connectivity index (χ2n) is 6.41. The smallest absolute Gasteiger partial charge is 0.310 e. The minimum atomic E-state index is -0.903. The minimum absolute atomic E-state index is 0.0480. The Kier molecular flexibility index (Phi) is 5.27. The van der Waals surface area contributed by atoms with Crippen molar-refractivity contribution >= 4 is 11.9 Å². The fourth-order valence-electron chi connectivity index (χ4n) is 3.23. The summed E-state index contributed by atoms with van der Waals surface area (Å²) in [5.41, 5.74) is -0.903. The van der Waals surface area contributed by atoms with Crippen LogP contribution in [0.4, 0.5) is 0 Å². The molecule has 1 aromatic heterocycles. The van der Waals surface area contributed by atoms with Crippen LogP contribution in [0.3, 0.4) is 0 Å². The van der Waals surface area contributed by atoms with E-state index in [0.29, 0.717) is 18.6 Å². The molecule has 0 spiro atoms. The van der Waals surface area contributed by atoms with E-state index in [9.17, 15) is 14.7 Å². The molecule has 2 N–H and O–H groups in total. The Bertz CT molecular complexity index is 527. The fourth-order valence-corrected chi connectivity index (χ4v) is 3.23. The van der Waals surface area contributed by atoms with E-state index < -0.39 is 11.4 Å². The number of carboxylic acids is 1. The van der Waals surface area contributed by atoms with E-state index in [2.05, 4.69) is 5.32 Å². The summed E-state index contributed by atoms with van der Waals surface area (Å²) in [6.45, 7) is 3.69. The molecule has 1 saturated carbocycles. The average molecular weight is 307 g/mol. The predicted octanol–water partition coefficient (Wildman–Crippen LogP) is 3.58. The van der Waals surface area contributed by atoms with E-state index in [4.69, 9.17) is 4.42 Å². The number of aryl methyl sites for hydroxylation is 1. The number of aliphatic carboxylic acids is 1. The lowest BCUT2D eigenvalue weighted by molar-refractivity contribution is -0.153. The van der Waals surface area contributed by atoms with Crippen molar-refractivity contribution in [1.29, 1.82) is 0 Å². The third kappa shape index (κ3) is 3.90. The summed E-state index contributed by atoms with van der Waals surface area (Å²) in [4.78, 5) is 24.0. The molecule has 122 valence electrons. The zero-order chi connectivity index (χ0) is 16.2. The Balaban J connectivity index is 2.00. The van der Waals surface area contributed by atoms with Gasteiger partial charge in [-0.25, -0.2) is 0 Å². The maximum atomic E-state index is 12.3. The number of carbonyl (C=O) groups is 2. The number of furan rings is 1.